The van der Waals surface area contributed by atoms with Crippen LogP contribution >= 0.6 is 0 Å². The van der Waals surface area contributed by atoms with Gasteiger partial charge in [-0.1, -0.05) is 26.2 Å². The standard InChI is InChI=1S/C14H26O5/c1-5-6-7-8-9-10(2)18-14(17)12(4)19-13(16)11(3)15/h10-12,15H,5-9H2,1-4H3. The van der Waals surface area contributed by atoms with Crippen molar-refractivity contribution >= 4 is 11.9 Å². The summed E-state index contributed by atoms with van der Waals surface area (Å²) in [5, 5.41) is 8.97. The van der Waals surface area contributed by atoms with Crippen molar-refractivity contribution in [3.63, 3.8) is 0 Å². The van der Waals surface area contributed by atoms with E-state index in [0.29, 0.717) is 0 Å². The van der Waals surface area contributed by atoms with Crippen molar-refractivity contribution in [1.82, 2.24) is 0 Å². The van der Waals surface area contributed by atoms with Crippen LogP contribution in [0.4, 0.5) is 0 Å². The lowest BCUT2D eigenvalue weighted by molar-refractivity contribution is -0.174. The summed E-state index contributed by atoms with van der Waals surface area (Å²) in [5.41, 5.74) is 0. The lowest BCUT2D eigenvalue weighted by Crippen LogP contribution is -2.32. The summed E-state index contributed by atoms with van der Waals surface area (Å²) in [7, 11) is 0. The molecule has 0 saturated heterocycles. The quantitative estimate of drug-likeness (QED) is 0.515. The number of aliphatic hydroxyl groups excluding tert-OH is 1. The van der Waals surface area contributed by atoms with Crippen LogP contribution in [0.3, 0.4) is 0 Å². The summed E-state index contributed by atoms with van der Waals surface area (Å²) >= 11 is 0. The predicted molar refractivity (Wildman–Crippen MR) is 71.5 cm³/mol. The first-order valence-electron chi connectivity index (χ1n) is 6.97. The number of esters is 2. The van der Waals surface area contributed by atoms with Gasteiger partial charge in [0.05, 0.1) is 6.10 Å². The third-order valence-corrected chi connectivity index (χ3v) is 2.75. The van der Waals surface area contributed by atoms with E-state index in [4.69, 9.17) is 14.6 Å². The fourth-order valence-corrected chi connectivity index (χ4v) is 1.53. The van der Waals surface area contributed by atoms with Crippen LogP contribution in [-0.2, 0) is 19.1 Å². The average Bonchev–Trinajstić information content (AvgIpc) is 2.34. The number of hydrogen-bond donors (Lipinski definition) is 1. The number of aliphatic hydroxyl groups is 1. The van der Waals surface area contributed by atoms with Gasteiger partial charge in [-0.3, -0.25) is 0 Å². The van der Waals surface area contributed by atoms with Crippen molar-refractivity contribution < 1.29 is 24.2 Å². The van der Waals surface area contributed by atoms with E-state index in [-0.39, 0.29) is 6.10 Å². The summed E-state index contributed by atoms with van der Waals surface area (Å²) in [6, 6.07) is 0. The van der Waals surface area contributed by atoms with Gasteiger partial charge in [-0.15, -0.1) is 0 Å². The molecular weight excluding hydrogens is 248 g/mol. The highest BCUT2D eigenvalue weighted by Gasteiger charge is 2.23. The molecule has 0 spiro atoms. The number of carbonyl (C=O) groups excluding carboxylic acids is 2. The summed E-state index contributed by atoms with van der Waals surface area (Å²) in [6.45, 7) is 6.69. The van der Waals surface area contributed by atoms with Crippen LogP contribution in [0.5, 0.6) is 0 Å². The summed E-state index contributed by atoms with van der Waals surface area (Å²) in [5.74, 6) is -1.39. The maximum Gasteiger partial charge on any atom is 0.347 e. The van der Waals surface area contributed by atoms with Crippen molar-refractivity contribution in [2.24, 2.45) is 0 Å². The SMILES string of the molecule is CCCCCCC(C)OC(=O)C(C)OC(=O)C(C)O. The molecule has 0 aromatic heterocycles. The van der Waals surface area contributed by atoms with Gasteiger partial charge in [-0.05, 0) is 33.6 Å². The molecule has 0 fully saturated rings. The molecule has 0 rings (SSSR count). The fourth-order valence-electron chi connectivity index (χ4n) is 1.53. The van der Waals surface area contributed by atoms with E-state index < -0.39 is 24.1 Å². The predicted octanol–water partition coefficient (Wildman–Crippen LogP) is 2.20. The molecule has 0 bridgehead atoms. The Bertz CT molecular complexity index is 275. The maximum absolute atomic E-state index is 11.6. The van der Waals surface area contributed by atoms with Crippen molar-refractivity contribution in [3.05, 3.63) is 0 Å². The molecule has 0 saturated carbocycles. The van der Waals surface area contributed by atoms with Crippen LogP contribution in [-0.4, -0.2) is 35.4 Å². The molecule has 0 aromatic carbocycles. The smallest absolute Gasteiger partial charge is 0.347 e. The first-order valence-corrected chi connectivity index (χ1v) is 6.97. The number of carbonyl (C=O) groups is 2. The van der Waals surface area contributed by atoms with Crippen LogP contribution in [0.1, 0.15) is 59.8 Å². The Kier molecular flexibility index (Phi) is 9.21. The second-order valence-electron chi connectivity index (χ2n) is 4.85. The van der Waals surface area contributed by atoms with Gasteiger partial charge in [0.1, 0.15) is 6.10 Å². The zero-order valence-electron chi connectivity index (χ0n) is 12.3. The van der Waals surface area contributed by atoms with Gasteiger partial charge in [0.25, 0.3) is 0 Å². The van der Waals surface area contributed by atoms with E-state index in [1.54, 1.807) is 0 Å². The Morgan fingerprint density at radius 3 is 2.16 bits per heavy atom. The molecule has 19 heavy (non-hydrogen) atoms. The molecule has 3 atom stereocenters. The Hall–Kier alpha value is -1.10. The zero-order chi connectivity index (χ0) is 14.8. The van der Waals surface area contributed by atoms with Gasteiger partial charge in [-0.2, -0.15) is 0 Å². The lowest BCUT2D eigenvalue weighted by atomic mass is 10.1. The number of unbranched alkanes of at least 4 members (excludes halogenated alkanes) is 3. The van der Waals surface area contributed by atoms with Gasteiger partial charge in [0.2, 0.25) is 0 Å². The highest BCUT2D eigenvalue weighted by molar-refractivity contribution is 5.80. The van der Waals surface area contributed by atoms with Crippen molar-refractivity contribution in [2.45, 2.75) is 78.1 Å². The second kappa shape index (κ2) is 9.78. The number of hydrogen-bond acceptors (Lipinski definition) is 5. The van der Waals surface area contributed by atoms with Gasteiger partial charge < -0.3 is 14.6 Å². The molecule has 5 heteroatoms. The van der Waals surface area contributed by atoms with Crippen LogP contribution in [0.25, 0.3) is 0 Å². The number of rotatable bonds is 9. The molecule has 5 nitrogen and oxygen atoms in total. The van der Waals surface area contributed by atoms with Crippen LogP contribution in [0.15, 0.2) is 0 Å². The molecule has 1 N–H and O–H groups in total. The van der Waals surface area contributed by atoms with E-state index in [9.17, 15) is 9.59 Å². The molecule has 0 aliphatic rings. The molecule has 0 radical (unpaired) electrons. The Morgan fingerprint density at radius 2 is 1.63 bits per heavy atom. The van der Waals surface area contributed by atoms with Gasteiger partial charge >= 0.3 is 11.9 Å². The normalized spacial score (nSPS) is 15.4. The third kappa shape index (κ3) is 8.59. The van der Waals surface area contributed by atoms with Crippen molar-refractivity contribution in [1.29, 1.82) is 0 Å². The van der Waals surface area contributed by atoms with E-state index in [1.807, 2.05) is 6.92 Å². The number of ether oxygens (including phenoxy) is 2. The fraction of sp³-hybridized carbons (Fsp3) is 0.857. The minimum atomic E-state index is -1.23. The average molecular weight is 274 g/mol. The molecule has 0 amide bonds. The first-order chi connectivity index (χ1) is 8.88. The largest absolute Gasteiger partial charge is 0.460 e. The van der Waals surface area contributed by atoms with Crippen LogP contribution < -0.4 is 0 Å². The molecular formula is C14H26O5. The summed E-state index contributed by atoms with van der Waals surface area (Å²) in [4.78, 5) is 22.7. The van der Waals surface area contributed by atoms with E-state index >= 15 is 0 Å². The minimum Gasteiger partial charge on any atom is -0.460 e. The Morgan fingerprint density at radius 1 is 1.00 bits per heavy atom. The maximum atomic E-state index is 11.6. The molecule has 0 aliphatic heterocycles. The first kappa shape index (κ1) is 17.9. The topological polar surface area (TPSA) is 72.8 Å². The van der Waals surface area contributed by atoms with E-state index in [1.165, 1.54) is 26.7 Å². The second-order valence-corrected chi connectivity index (χ2v) is 4.85. The minimum absolute atomic E-state index is 0.183. The van der Waals surface area contributed by atoms with E-state index in [2.05, 4.69) is 6.92 Å². The summed E-state index contributed by atoms with van der Waals surface area (Å²) in [6.07, 6.45) is 2.90. The Balaban J connectivity index is 3.91. The van der Waals surface area contributed by atoms with Crippen LogP contribution in [0.2, 0.25) is 0 Å². The van der Waals surface area contributed by atoms with Gasteiger partial charge in [-0.25, -0.2) is 9.59 Å². The zero-order valence-corrected chi connectivity index (χ0v) is 12.3. The van der Waals surface area contributed by atoms with E-state index in [0.717, 1.165) is 19.3 Å². The molecule has 3 unspecified atom stereocenters. The molecule has 0 heterocycles. The lowest BCUT2D eigenvalue weighted by Gasteiger charge is -2.17. The van der Waals surface area contributed by atoms with Crippen LogP contribution in [0, 0.1) is 0 Å². The van der Waals surface area contributed by atoms with Crippen molar-refractivity contribution in [2.75, 3.05) is 0 Å². The Labute approximate surface area is 115 Å². The monoisotopic (exact) mass is 274 g/mol. The van der Waals surface area contributed by atoms with Gasteiger partial charge in [0.15, 0.2) is 6.10 Å². The highest BCUT2D eigenvalue weighted by atomic mass is 16.6. The third-order valence-electron chi connectivity index (χ3n) is 2.75. The molecule has 0 aromatic rings. The molecule has 0 aliphatic carbocycles. The summed E-state index contributed by atoms with van der Waals surface area (Å²) < 4.78 is 9.93. The highest BCUT2D eigenvalue weighted by Crippen LogP contribution is 2.09. The van der Waals surface area contributed by atoms with Gasteiger partial charge in [0, 0.05) is 0 Å². The van der Waals surface area contributed by atoms with Crippen molar-refractivity contribution in [3.8, 4) is 0 Å². The molecule has 112 valence electrons.